The fraction of sp³-hybridized carbons (Fsp3) is 0.867. The molecule has 0 bridgehead atoms. The number of hydrogen-bond acceptors (Lipinski definition) is 18. The molecular formula is C30H54N4O18. The van der Waals surface area contributed by atoms with E-state index >= 15 is 0 Å². The van der Waals surface area contributed by atoms with Crippen LogP contribution in [-0.4, -0.2) is 228 Å². The number of rotatable bonds is 25. The van der Waals surface area contributed by atoms with E-state index in [1.807, 2.05) is 0 Å². The van der Waals surface area contributed by atoms with E-state index in [-0.39, 0.29) is 78.9 Å². The van der Waals surface area contributed by atoms with Crippen molar-refractivity contribution in [1.82, 2.24) is 20.4 Å². The lowest BCUT2D eigenvalue weighted by atomic mass is 10.0. The van der Waals surface area contributed by atoms with E-state index in [0.717, 1.165) is 4.90 Å². The van der Waals surface area contributed by atoms with Crippen LogP contribution in [0.25, 0.3) is 0 Å². The molecule has 0 spiro atoms. The summed E-state index contributed by atoms with van der Waals surface area (Å²) in [6.45, 7) is 1.55. The number of ether oxygens (including phenoxy) is 6. The van der Waals surface area contributed by atoms with Gasteiger partial charge in [0.25, 0.3) is 0 Å². The van der Waals surface area contributed by atoms with Crippen molar-refractivity contribution in [3.05, 3.63) is 0 Å². The van der Waals surface area contributed by atoms with Gasteiger partial charge in [0.1, 0.15) is 36.6 Å². The molecule has 0 aromatic rings. The normalized spacial score (nSPS) is 29.3. The van der Waals surface area contributed by atoms with Crippen LogP contribution in [0.4, 0.5) is 0 Å². The van der Waals surface area contributed by atoms with Gasteiger partial charge in [-0.25, -0.2) is 0 Å². The lowest BCUT2D eigenvalue weighted by Crippen LogP contribution is -2.57. The highest BCUT2D eigenvalue weighted by atomic mass is 16.7. The standard InChI is InChI=1S/C30H54N4O18/c1-17-23(41)25(43)27(45)29(51-17)49-11-9-47-7-3-31-19(35)13-33(5-6-34(15-21(37)38)16-22(39)40)14-20(36)32-4-8-48-10-12-50-30-28(46)26(44)24(42)18(2)52-30/h17-18,23-30,41-46H,3-16H2,1-2H3,(H,31,35)(H,32,36)(H,37,38)(H,39,40)/t17-,18-,23-,24-,25+,26+,27+,28+,29+,30+/m0/s1. The zero-order valence-electron chi connectivity index (χ0n) is 29.2. The molecule has 0 aromatic heterocycles. The number of nitrogens with one attached hydrogen (secondary N) is 2. The summed E-state index contributed by atoms with van der Waals surface area (Å²) >= 11 is 0. The minimum absolute atomic E-state index is 0.0220. The average Bonchev–Trinajstić information content (AvgIpc) is 3.08. The van der Waals surface area contributed by atoms with E-state index in [1.54, 1.807) is 0 Å². The Morgan fingerprint density at radius 1 is 0.538 bits per heavy atom. The summed E-state index contributed by atoms with van der Waals surface area (Å²) in [6, 6.07) is 0. The third-order valence-electron chi connectivity index (χ3n) is 7.96. The minimum atomic E-state index is -1.45. The van der Waals surface area contributed by atoms with Crippen LogP contribution in [0.15, 0.2) is 0 Å². The molecule has 2 rings (SSSR count). The first kappa shape index (κ1) is 45.5. The van der Waals surface area contributed by atoms with Crippen LogP contribution in [-0.2, 0) is 47.6 Å². The van der Waals surface area contributed by atoms with Gasteiger partial charge in [0.2, 0.25) is 11.8 Å². The molecule has 302 valence electrons. The first-order valence-electron chi connectivity index (χ1n) is 16.8. The molecule has 10 N–H and O–H groups in total. The number of aliphatic hydroxyl groups excluding tert-OH is 6. The van der Waals surface area contributed by atoms with Gasteiger partial charge >= 0.3 is 11.9 Å². The first-order chi connectivity index (χ1) is 24.6. The van der Waals surface area contributed by atoms with Crippen molar-refractivity contribution in [1.29, 1.82) is 0 Å². The Hall–Kier alpha value is -2.68. The second kappa shape index (κ2) is 23.9. The van der Waals surface area contributed by atoms with Gasteiger partial charge in [0, 0.05) is 26.2 Å². The van der Waals surface area contributed by atoms with Crippen LogP contribution in [0.3, 0.4) is 0 Å². The zero-order chi connectivity index (χ0) is 38.8. The van der Waals surface area contributed by atoms with E-state index in [1.165, 1.54) is 18.7 Å². The van der Waals surface area contributed by atoms with Crippen LogP contribution >= 0.6 is 0 Å². The van der Waals surface area contributed by atoms with E-state index in [0.29, 0.717) is 0 Å². The van der Waals surface area contributed by atoms with E-state index < -0.39 is 98.3 Å². The van der Waals surface area contributed by atoms with Crippen molar-refractivity contribution in [2.45, 2.75) is 75.3 Å². The van der Waals surface area contributed by atoms with Gasteiger partial charge in [-0.1, -0.05) is 0 Å². The van der Waals surface area contributed by atoms with Crippen molar-refractivity contribution >= 4 is 23.8 Å². The van der Waals surface area contributed by atoms with Gasteiger partial charge in [-0.15, -0.1) is 0 Å². The highest BCUT2D eigenvalue weighted by molar-refractivity contribution is 5.81. The fourth-order valence-corrected chi connectivity index (χ4v) is 5.09. The molecule has 2 heterocycles. The maximum atomic E-state index is 12.7. The molecule has 0 aliphatic carbocycles. The molecule has 2 amide bonds. The fourth-order valence-electron chi connectivity index (χ4n) is 5.09. The van der Waals surface area contributed by atoms with Crippen LogP contribution in [0, 0.1) is 0 Å². The number of nitrogens with zero attached hydrogens (tertiary/aromatic N) is 2. The Bertz CT molecular complexity index is 1010. The molecule has 22 nitrogen and oxygen atoms in total. The molecule has 10 atom stereocenters. The van der Waals surface area contributed by atoms with Gasteiger partial charge < -0.3 is 79.9 Å². The smallest absolute Gasteiger partial charge is 0.317 e. The molecule has 2 aliphatic heterocycles. The Labute approximate surface area is 300 Å². The molecule has 22 heteroatoms. The lowest BCUT2D eigenvalue weighted by molar-refractivity contribution is -0.294. The summed E-state index contributed by atoms with van der Waals surface area (Å²) in [5.41, 5.74) is 0. The minimum Gasteiger partial charge on any atom is -0.480 e. The number of carbonyl (C=O) groups excluding carboxylic acids is 2. The predicted octanol–water partition coefficient (Wildman–Crippen LogP) is -6.29. The topological polar surface area (TPSA) is 316 Å². The zero-order valence-corrected chi connectivity index (χ0v) is 29.2. The molecule has 0 aromatic carbocycles. The van der Waals surface area contributed by atoms with Crippen LogP contribution < -0.4 is 10.6 Å². The number of carboxylic acids is 2. The van der Waals surface area contributed by atoms with E-state index in [2.05, 4.69) is 10.6 Å². The summed E-state index contributed by atoms with van der Waals surface area (Å²) in [5, 5.41) is 82.6. The van der Waals surface area contributed by atoms with Crippen molar-refractivity contribution in [3.8, 4) is 0 Å². The van der Waals surface area contributed by atoms with Gasteiger partial charge in [-0.2, -0.15) is 0 Å². The average molecular weight is 759 g/mol. The van der Waals surface area contributed by atoms with Crippen LogP contribution in [0.2, 0.25) is 0 Å². The summed E-state index contributed by atoms with van der Waals surface area (Å²) in [5.74, 6) is -3.49. The quantitative estimate of drug-likeness (QED) is 0.0387. The Morgan fingerprint density at radius 3 is 1.27 bits per heavy atom. The molecule has 0 radical (unpaired) electrons. The van der Waals surface area contributed by atoms with E-state index in [9.17, 15) is 49.8 Å². The maximum absolute atomic E-state index is 12.7. The van der Waals surface area contributed by atoms with Crippen molar-refractivity contribution in [2.24, 2.45) is 0 Å². The van der Waals surface area contributed by atoms with E-state index in [4.69, 9.17) is 38.6 Å². The number of carbonyl (C=O) groups is 4. The lowest BCUT2D eigenvalue weighted by Gasteiger charge is -2.38. The Morgan fingerprint density at radius 2 is 0.904 bits per heavy atom. The largest absolute Gasteiger partial charge is 0.480 e. The SMILES string of the molecule is C[C@@H]1O[C@@H](OCCOCCNC(=O)CN(CCN(CC(=O)O)CC(=O)O)CC(=O)NCCOCCO[C@@H]2O[C@@H](C)[C@H](O)[C@@H](O)[C@H]2O)[C@H](O)[C@H](O)[C@H]1O. The molecular weight excluding hydrogens is 704 g/mol. The van der Waals surface area contributed by atoms with Crippen molar-refractivity contribution in [3.63, 3.8) is 0 Å². The Kier molecular flexibility index (Phi) is 20.9. The van der Waals surface area contributed by atoms with Crippen LogP contribution in [0.1, 0.15) is 13.8 Å². The second-order valence-electron chi connectivity index (χ2n) is 12.2. The summed E-state index contributed by atoms with van der Waals surface area (Å²) in [7, 11) is 0. The Balaban J connectivity index is 1.73. The van der Waals surface area contributed by atoms with Crippen molar-refractivity contribution < 1.29 is 88.5 Å². The molecule has 2 aliphatic rings. The predicted molar refractivity (Wildman–Crippen MR) is 172 cm³/mol. The molecule has 2 saturated heterocycles. The number of aliphatic carboxylic acids is 2. The highest BCUT2D eigenvalue weighted by Gasteiger charge is 2.43. The van der Waals surface area contributed by atoms with Gasteiger partial charge in [0.15, 0.2) is 12.6 Å². The van der Waals surface area contributed by atoms with Crippen molar-refractivity contribution in [2.75, 3.05) is 92.0 Å². The highest BCUT2D eigenvalue weighted by Crippen LogP contribution is 2.22. The number of carboxylic acid groups (broad SMARTS) is 2. The summed E-state index contributed by atoms with van der Waals surface area (Å²) in [6.07, 6.45) is -12.1. The van der Waals surface area contributed by atoms with Crippen LogP contribution in [0.5, 0.6) is 0 Å². The molecule has 52 heavy (non-hydrogen) atoms. The number of amides is 2. The van der Waals surface area contributed by atoms with Gasteiger partial charge in [-0.3, -0.25) is 29.0 Å². The maximum Gasteiger partial charge on any atom is 0.317 e. The molecule has 2 fully saturated rings. The van der Waals surface area contributed by atoms with Gasteiger partial charge in [-0.05, 0) is 13.8 Å². The molecule has 0 saturated carbocycles. The second-order valence-corrected chi connectivity index (χ2v) is 12.2. The number of aliphatic hydroxyl groups is 6. The third-order valence-corrected chi connectivity index (χ3v) is 7.96. The first-order valence-corrected chi connectivity index (χ1v) is 16.8. The summed E-state index contributed by atoms with van der Waals surface area (Å²) < 4.78 is 32.2. The monoisotopic (exact) mass is 758 g/mol. The van der Waals surface area contributed by atoms with Gasteiger partial charge in [0.05, 0.1) is 78.0 Å². The summed E-state index contributed by atoms with van der Waals surface area (Å²) in [4.78, 5) is 50.3. The third kappa shape index (κ3) is 16.6. The molecule has 0 unspecified atom stereocenters. The number of hydrogen-bond donors (Lipinski definition) is 10.